The number of hydrogen-bond donors (Lipinski definition) is 0. The van der Waals surface area contributed by atoms with Gasteiger partial charge in [-0.05, 0) is 45.4 Å². The third-order valence-electron chi connectivity index (χ3n) is 6.61. The summed E-state index contributed by atoms with van der Waals surface area (Å²) >= 11 is 0. The largest absolute Gasteiger partial charge is 0.300 e. The molecule has 3 heteroatoms. The molecule has 0 amide bonds. The monoisotopic (exact) mass is 335 g/mol. The van der Waals surface area contributed by atoms with Crippen LogP contribution in [0.1, 0.15) is 61.8 Å². The van der Waals surface area contributed by atoms with Gasteiger partial charge in [0.2, 0.25) is 0 Å². The quantitative estimate of drug-likeness (QED) is 0.764. The summed E-state index contributed by atoms with van der Waals surface area (Å²) in [6, 6.07) is 1.54. The van der Waals surface area contributed by atoms with Crippen LogP contribution >= 0.6 is 0 Å². The van der Waals surface area contributed by atoms with Gasteiger partial charge in [0.1, 0.15) is 0 Å². The molecule has 0 saturated carbocycles. The van der Waals surface area contributed by atoms with E-state index in [-0.39, 0.29) is 0 Å². The van der Waals surface area contributed by atoms with Gasteiger partial charge in [0.05, 0.1) is 0 Å². The molecule has 0 aliphatic carbocycles. The maximum Gasteiger partial charge on any atom is 0.0212 e. The van der Waals surface area contributed by atoms with E-state index in [1.807, 2.05) is 0 Å². The third-order valence-corrected chi connectivity index (χ3v) is 6.61. The van der Waals surface area contributed by atoms with E-state index < -0.39 is 0 Å². The van der Waals surface area contributed by atoms with Crippen molar-refractivity contribution in [3.05, 3.63) is 0 Å². The first-order valence-corrected chi connectivity index (χ1v) is 10.1. The molecule has 1 spiro atoms. The molecule has 0 aromatic rings. The average molecular weight is 336 g/mol. The molecule has 0 radical (unpaired) electrons. The normalized spacial score (nSPS) is 35.8. The van der Waals surface area contributed by atoms with Crippen LogP contribution in [-0.4, -0.2) is 71.6 Å². The van der Waals surface area contributed by atoms with Crippen LogP contribution in [0.15, 0.2) is 0 Å². The Morgan fingerprint density at radius 3 is 2.00 bits per heavy atom. The SMILES string of the molecule is C[C@@H]1CC(N2CC3(C2)CN(C(C)(C)C)C3)[C@@H](C)CN1CC(C)(C)C. The Hall–Kier alpha value is -0.120. The number of hydrogen-bond acceptors (Lipinski definition) is 3. The molecule has 0 bridgehead atoms. The molecular weight excluding hydrogens is 294 g/mol. The van der Waals surface area contributed by atoms with Crippen LogP contribution in [0.2, 0.25) is 0 Å². The first-order chi connectivity index (χ1) is 10.9. The van der Waals surface area contributed by atoms with Gasteiger partial charge in [-0.1, -0.05) is 27.7 Å². The van der Waals surface area contributed by atoms with Gasteiger partial charge in [-0.25, -0.2) is 0 Å². The number of likely N-dealkylation sites (tertiary alicyclic amines) is 3. The van der Waals surface area contributed by atoms with E-state index in [9.17, 15) is 0 Å². The molecule has 3 aliphatic heterocycles. The van der Waals surface area contributed by atoms with Crippen molar-refractivity contribution in [3.63, 3.8) is 0 Å². The molecule has 140 valence electrons. The molecule has 3 aliphatic rings. The molecule has 0 aromatic heterocycles. The van der Waals surface area contributed by atoms with E-state index in [2.05, 4.69) is 70.1 Å². The minimum absolute atomic E-state index is 0.353. The molecule has 3 nitrogen and oxygen atoms in total. The Morgan fingerprint density at radius 2 is 1.50 bits per heavy atom. The highest BCUT2D eigenvalue weighted by molar-refractivity contribution is 5.10. The van der Waals surface area contributed by atoms with Crippen molar-refractivity contribution < 1.29 is 0 Å². The Kier molecular flexibility index (Phi) is 4.63. The number of nitrogens with zero attached hydrogens (tertiary/aromatic N) is 3. The standard InChI is InChI=1S/C21H41N3/c1-16-10-22(11-19(3,4)5)17(2)9-18(16)23-12-21(13-23)14-24(15-21)20(6,7)8/h16-18H,9-15H2,1-8H3/t16-,17+,18?/m0/s1. The fraction of sp³-hybridized carbons (Fsp3) is 1.00. The van der Waals surface area contributed by atoms with Crippen LogP contribution < -0.4 is 0 Å². The molecule has 3 rings (SSSR count). The zero-order valence-electron chi connectivity index (χ0n) is 17.5. The van der Waals surface area contributed by atoms with Crippen LogP contribution in [-0.2, 0) is 0 Å². The second-order valence-electron chi connectivity index (χ2n) is 11.6. The molecule has 3 saturated heterocycles. The topological polar surface area (TPSA) is 9.72 Å². The fourth-order valence-corrected chi connectivity index (χ4v) is 5.23. The second kappa shape index (κ2) is 5.96. The fourth-order valence-electron chi connectivity index (χ4n) is 5.23. The summed E-state index contributed by atoms with van der Waals surface area (Å²) in [5.74, 6) is 0.805. The van der Waals surface area contributed by atoms with E-state index in [0.717, 1.165) is 18.0 Å². The highest BCUT2D eigenvalue weighted by Crippen LogP contribution is 2.45. The highest BCUT2D eigenvalue weighted by Gasteiger charge is 2.56. The maximum absolute atomic E-state index is 2.82. The third kappa shape index (κ3) is 3.68. The van der Waals surface area contributed by atoms with Gasteiger partial charge >= 0.3 is 0 Å². The number of rotatable bonds is 2. The summed E-state index contributed by atoms with van der Waals surface area (Å²) in [6.45, 7) is 26.9. The summed E-state index contributed by atoms with van der Waals surface area (Å²) in [5, 5.41) is 0. The van der Waals surface area contributed by atoms with Crippen molar-refractivity contribution in [2.45, 2.75) is 79.4 Å². The van der Waals surface area contributed by atoms with E-state index in [0.29, 0.717) is 16.4 Å². The summed E-state index contributed by atoms with van der Waals surface area (Å²) in [4.78, 5) is 8.21. The van der Waals surface area contributed by atoms with Gasteiger partial charge in [-0.15, -0.1) is 0 Å². The molecule has 24 heavy (non-hydrogen) atoms. The van der Waals surface area contributed by atoms with E-state index in [1.54, 1.807) is 0 Å². The van der Waals surface area contributed by atoms with Crippen molar-refractivity contribution in [1.29, 1.82) is 0 Å². The average Bonchev–Trinajstić information content (AvgIpc) is 2.27. The van der Waals surface area contributed by atoms with Gasteiger partial charge in [0, 0.05) is 62.3 Å². The minimum Gasteiger partial charge on any atom is -0.300 e. The lowest BCUT2D eigenvalue weighted by molar-refractivity contribution is -0.169. The summed E-state index contributed by atoms with van der Waals surface area (Å²) in [6.07, 6.45) is 1.36. The lowest BCUT2D eigenvalue weighted by atomic mass is 9.69. The molecule has 3 heterocycles. The maximum atomic E-state index is 2.82. The van der Waals surface area contributed by atoms with Crippen molar-refractivity contribution in [1.82, 2.24) is 14.7 Å². The van der Waals surface area contributed by atoms with Gasteiger partial charge in [0.25, 0.3) is 0 Å². The second-order valence-corrected chi connectivity index (χ2v) is 11.6. The minimum atomic E-state index is 0.353. The Morgan fingerprint density at radius 1 is 0.917 bits per heavy atom. The zero-order chi connectivity index (χ0) is 17.9. The lowest BCUT2D eigenvalue weighted by Crippen LogP contribution is -2.76. The molecular formula is C21H41N3. The van der Waals surface area contributed by atoms with Crippen molar-refractivity contribution in [2.75, 3.05) is 39.3 Å². The summed E-state index contributed by atoms with van der Waals surface area (Å²) < 4.78 is 0. The number of piperidine rings is 1. The smallest absolute Gasteiger partial charge is 0.0212 e. The lowest BCUT2D eigenvalue weighted by Gasteiger charge is -2.66. The van der Waals surface area contributed by atoms with Crippen LogP contribution in [0.4, 0.5) is 0 Å². The highest BCUT2D eigenvalue weighted by atomic mass is 15.4. The molecule has 0 aromatic carbocycles. The first-order valence-electron chi connectivity index (χ1n) is 10.1. The molecule has 3 fully saturated rings. The van der Waals surface area contributed by atoms with Crippen molar-refractivity contribution in [3.8, 4) is 0 Å². The van der Waals surface area contributed by atoms with Crippen molar-refractivity contribution >= 4 is 0 Å². The predicted octanol–water partition coefficient (Wildman–Crippen LogP) is 3.55. The van der Waals surface area contributed by atoms with Crippen LogP contribution in [0.5, 0.6) is 0 Å². The van der Waals surface area contributed by atoms with Crippen LogP contribution in [0.25, 0.3) is 0 Å². The zero-order valence-corrected chi connectivity index (χ0v) is 17.5. The molecule has 1 unspecified atom stereocenters. The first kappa shape index (κ1) is 18.7. The molecule has 3 atom stereocenters. The molecule has 0 N–H and O–H groups in total. The van der Waals surface area contributed by atoms with Gasteiger partial charge in [-0.2, -0.15) is 0 Å². The van der Waals surface area contributed by atoms with Crippen molar-refractivity contribution in [2.24, 2.45) is 16.7 Å². The van der Waals surface area contributed by atoms with E-state index in [4.69, 9.17) is 0 Å². The van der Waals surface area contributed by atoms with E-state index in [1.165, 1.54) is 45.7 Å². The van der Waals surface area contributed by atoms with Gasteiger partial charge < -0.3 is 0 Å². The Bertz CT molecular complexity index is 445. The summed E-state index contributed by atoms with van der Waals surface area (Å²) in [5.41, 5.74) is 1.40. The Labute approximate surface area is 150 Å². The van der Waals surface area contributed by atoms with E-state index >= 15 is 0 Å². The Balaban J connectivity index is 1.50. The van der Waals surface area contributed by atoms with Gasteiger partial charge in [-0.3, -0.25) is 14.7 Å². The van der Waals surface area contributed by atoms with Crippen LogP contribution in [0, 0.1) is 16.7 Å². The predicted molar refractivity (Wildman–Crippen MR) is 103 cm³/mol. The summed E-state index contributed by atoms with van der Waals surface area (Å²) in [7, 11) is 0. The van der Waals surface area contributed by atoms with Crippen LogP contribution in [0.3, 0.4) is 0 Å². The van der Waals surface area contributed by atoms with Gasteiger partial charge in [0.15, 0.2) is 0 Å².